The van der Waals surface area contributed by atoms with E-state index in [0.717, 1.165) is 27.7 Å². The Labute approximate surface area is 120 Å². The Morgan fingerprint density at radius 1 is 1.44 bits per heavy atom. The highest BCUT2D eigenvalue weighted by Gasteiger charge is 2.20. The Balaban J connectivity index is 1.84. The van der Waals surface area contributed by atoms with E-state index in [-0.39, 0.29) is 0 Å². The molecule has 0 unspecified atom stereocenters. The fraction of sp³-hybridized carbons (Fsp3) is 0.385. The summed E-state index contributed by atoms with van der Waals surface area (Å²) >= 11 is 2.25. The second-order valence-corrected chi connectivity index (χ2v) is 5.98. The Morgan fingerprint density at radius 2 is 2.28 bits per heavy atom. The third kappa shape index (κ3) is 2.89. The summed E-state index contributed by atoms with van der Waals surface area (Å²) in [5.74, 6) is 0.894. The maximum atomic E-state index is 4.53. The number of halogens is 1. The van der Waals surface area contributed by atoms with Crippen molar-refractivity contribution in [3.05, 3.63) is 39.4 Å². The molecule has 0 radical (unpaired) electrons. The van der Waals surface area contributed by atoms with Crippen molar-refractivity contribution in [1.82, 2.24) is 20.1 Å². The Bertz CT molecular complexity index is 560. The predicted molar refractivity (Wildman–Crippen MR) is 78.7 cm³/mol. The lowest BCUT2D eigenvalue weighted by molar-refractivity contribution is 0.684. The SMILES string of the molecule is Cc1cc(CNC2CC2)cc(-n2cc(I)cn2)n1. The third-order valence-electron chi connectivity index (χ3n) is 2.96. The largest absolute Gasteiger partial charge is 0.310 e. The van der Waals surface area contributed by atoms with Gasteiger partial charge in [-0.2, -0.15) is 5.10 Å². The van der Waals surface area contributed by atoms with Crippen LogP contribution in [0.1, 0.15) is 24.1 Å². The maximum absolute atomic E-state index is 4.53. The van der Waals surface area contributed by atoms with Crippen LogP contribution in [0.2, 0.25) is 0 Å². The molecule has 2 aromatic rings. The molecule has 0 aromatic carbocycles. The van der Waals surface area contributed by atoms with Gasteiger partial charge in [0, 0.05) is 24.5 Å². The monoisotopic (exact) mass is 354 g/mol. The van der Waals surface area contributed by atoms with Crippen molar-refractivity contribution in [3.8, 4) is 5.82 Å². The van der Waals surface area contributed by atoms with E-state index in [9.17, 15) is 0 Å². The van der Waals surface area contributed by atoms with Crippen LogP contribution in [-0.2, 0) is 6.54 Å². The Hall–Kier alpha value is -0.950. The molecule has 0 spiro atoms. The van der Waals surface area contributed by atoms with Gasteiger partial charge in [-0.25, -0.2) is 9.67 Å². The number of pyridine rings is 1. The second-order valence-electron chi connectivity index (χ2n) is 4.73. The predicted octanol–water partition coefficient (Wildman–Crippen LogP) is 2.43. The molecule has 0 saturated heterocycles. The highest BCUT2D eigenvalue weighted by atomic mass is 127. The van der Waals surface area contributed by atoms with E-state index in [4.69, 9.17) is 0 Å². The molecular weight excluding hydrogens is 339 g/mol. The molecule has 0 bridgehead atoms. The maximum Gasteiger partial charge on any atom is 0.153 e. The number of hydrogen-bond donors (Lipinski definition) is 1. The zero-order valence-corrected chi connectivity index (χ0v) is 12.4. The molecule has 18 heavy (non-hydrogen) atoms. The van der Waals surface area contributed by atoms with Gasteiger partial charge < -0.3 is 5.32 Å². The Kier molecular flexibility index (Phi) is 3.34. The summed E-state index contributed by atoms with van der Waals surface area (Å²) in [5.41, 5.74) is 2.31. The van der Waals surface area contributed by atoms with Gasteiger partial charge in [-0.3, -0.25) is 0 Å². The lowest BCUT2D eigenvalue weighted by Crippen LogP contribution is -2.16. The van der Waals surface area contributed by atoms with Gasteiger partial charge in [0.25, 0.3) is 0 Å². The number of aromatic nitrogens is 3. The van der Waals surface area contributed by atoms with Crippen LogP contribution in [-0.4, -0.2) is 20.8 Å². The van der Waals surface area contributed by atoms with Crippen LogP contribution < -0.4 is 5.32 Å². The van der Waals surface area contributed by atoms with Crippen LogP contribution in [0.15, 0.2) is 24.5 Å². The minimum absolute atomic E-state index is 0.729. The summed E-state index contributed by atoms with van der Waals surface area (Å²) in [6.07, 6.45) is 6.45. The van der Waals surface area contributed by atoms with E-state index in [0.29, 0.717) is 0 Å². The van der Waals surface area contributed by atoms with Crippen molar-refractivity contribution in [2.75, 3.05) is 0 Å². The molecule has 4 nitrogen and oxygen atoms in total. The van der Waals surface area contributed by atoms with Crippen molar-refractivity contribution < 1.29 is 0 Å². The molecule has 5 heteroatoms. The normalized spacial score (nSPS) is 15.0. The smallest absolute Gasteiger partial charge is 0.153 e. The highest BCUT2D eigenvalue weighted by Crippen LogP contribution is 2.20. The summed E-state index contributed by atoms with van der Waals surface area (Å²) in [5, 5.41) is 7.83. The quantitative estimate of drug-likeness (QED) is 0.858. The number of nitrogens with zero attached hydrogens (tertiary/aromatic N) is 3. The zero-order valence-electron chi connectivity index (χ0n) is 10.2. The minimum Gasteiger partial charge on any atom is -0.310 e. The fourth-order valence-corrected chi connectivity index (χ4v) is 2.30. The first kappa shape index (κ1) is 12.1. The summed E-state index contributed by atoms with van der Waals surface area (Å²) in [4.78, 5) is 4.53. The van der Waals surface area contributed by atoms with Crippen molar-refractivity contribution in [3.63, 3.8) is 0 Å². The topological polar surface area (TPSA) is 42.7 Å². The molecule has 2 heterocycles. The molecule has 1 aliphatic rings. The van der Waals surface area contributed by atoms with Crippen LogP contribution in [0.3, 0.4) is 0 Å². The molecular formula is C13H15IN4. The van der Waals surface area contributed by atoms with E-state index in [1.54, 1.807) is 0 Å². The number of nitrogens with one attached hydrogen (secondary N) is 1. The van der Waals surface area contributed by atoms with E-state index in [1.165, 1.54) is 18.4 Å². The molecule has 0 amide bonds. The first-order chi connectivity index (χ1) is 8.70. The standard InChI is InChI=1S/C13H15IN4/c1-9-4-10(6-15-12-2-3-12)5-13(17-9)18-8-11(14)7-16-18/h4-5,7-8,12,15H,2-3,6H2,1H3. The van der Waals surface area contributed by atoms with Gasteiger partial charge in [0.1, 0.15) is 0 Å². The van der Waals surface area contributed by atoms with Crippen LogP contribution in [0.25, 0.3) is 5.82 Å². The molecule has 2 aromatic heterocycles. The molecule has 0 aliphatic heterocycles. The number of aryl methyl sites for hydroxylation is 1. The average molecular weight is 354 g/mol. The summed E-state index contributed by atoms with van der Waals surface area (Å²) in [6.45, 7) is 2.94. The minimum atomic E-state index is 0.729. The van der Waals surface area contributed by atoms with Gasteiger partial charge in [-0.15, -0.1) is 0 Å². The van der Waals surface area contributed by atoms with E-state index in [2.05, 4.69) is 50.1 Å². The van der Waals surface area contributed by atoms with Gasteiger partial charge in [0.15, 0.2) is 5.82 Å². The molecule has 1 N–H and O–H groups in total. The van der Waals surface area contributed by atoms with E-state index in [1.807, 2.05) is 24.0 Å². The third-order valence-corrected chi connectivity index (χ3v) is 3.51. The molecule has 1 saturated carbocycles. The van der Waals surface area contributed by atoms with E-state index >= 15 is 0 Å². The molecule has 1 aliphatic carbocycles. The Morgan fingerprint density at radius 3 is 2.94 bits per heavy atom. The van der Waals surface area contributed by atoms with Gasteiger partial charge in [0.05, 0.1) is 9.77 Å². The van der Waals surface area contributed by atoms with Crippen LogP contribution >= 0.6 is 22.6 Å². The van der Waals surface area contributed by atoms with Crippen LogP contribution in [0.5, 0.6) is 0 Å². The lowest BCUT2D eigenvalue weighted by atomic mass is 10.2. The van der Waals surface area contributed by atoms with Gasteiger partial charge in [-0.05, 0) is 60.1 Å². The molecule has 0 atom stereocenters. The first-order valence-corrected chi connectivity index (χ1v) is 7.20. The summed E-state index contributed by atoms with van der Waals surface area (Å²) < 4.78 is 2.95. The van der Waals surface area contributed by atoms with Crippen LogP contribution in [0.4, 0.5) is 0 Å². The molecule has 1 fully saturated rings. The average Bonchev–Trinajstić information content (AvgIpc) is 3.07. The van der Waals surface area contributed by atoms with Crippen molar-refractivity contribution in [2.45, 2.75) is 32.4 Å². The molecule has 3 rings (SSSR count). The van der Waals surface area contributed by atoms with Crippen molar-refractivity contribution >= 4 is 22.6 Å². The number of rotatable bonds is 4. The lowest BCUT2D eigenvalue weighted by Gasteiger charge is -2.07. The van der Waals surface area contributed by atoms with Gasteiger partial charge in [0.2, 0.25) is 0 Å². The van der Waals surface area contributed by atoms with E-state index < -0.39 is 0 Å². The fourth-order valence-electron chi connectivity index (χ4n) is 1.92. The number of hydrogen-bond acceptors (Lipinski definition) is 3. The first-order valence-electron chi connectivity index (χ1n) is 6.12. The van der Waals surface area contributed by atoms with Crippen molar-refractivity contribution in [1.29, 1.82) is 0 Å². The second kappa shape index (κ2) is 4.97. The summed E-state index contributed by atoms with van der Waals surface area (Å²) in [7, 11) is 0. The van der Waals surface area contributed by atoms with Crippen molar-refractivity contribution in [2.24, 2.45) is 0 Å². The zero-order chi connectivity index (χ0) is 12.5. The van der Waals surface area contributed by atoms with Gasteiger partial charge in [-0.1, -0.05) is 0 Å². The highest BCUT2D eigenvalue weighted by molar-refractivity contribution is 14.1. The van der Waals surface area contributed by atoms with Crippen LogP contribution in [0, 0.1) is 10.5 Å². The summed E-state index contributed by atoms with van der Waals surface area (Å²) in [6, 6.07) is 4.96. The molecule has 94 valence electrons. The van der Waals surface area contributed by atoms with Gasteiger partial charge >= 0.3 is 0 Å².